The summed E-state index contributed by atoms with van der Waals surface area (Å²) in [7, 11) is 3.21. The van der Waals surface area contributed by atoms with Gasteiger partial charge in [-0.3, -0.25) is 0 Å². The molecular formula is C7H15O2. The van der Waals surface area contributed by atoms with E-state index in [0.717, 1.165) is 12.8 Å². The average Bonchev–Trinajstić information content (AvgIpc) is 1.89. The second-order valence-corrected chi connectivity index (χ2v) is 2.07. The molecule has 0 unspecified atom stereocenters. The second kappa shape index (κ2) is 3.85. The molecule has 0 spiro atoms. The van der Waals surface area contributed by atoms with Crippen LogP contribution in [0.3, 0.4) is 0 Å². The van der Waals surface area contributed by atoms with Crippen LogP contribution in [0.4, 0.5) is 0 Å². The zero-order valence-corrected chi connectivity index (χ0v) is 6.44. The maximum absolute atomic E-state index is 4.99. The Bertz CT molecular complexity index is 67.3. The zero-order chi connectivity index (χ0) is 7.33. The first kappa shape index (κ1) is 8.92. The standard InChI is InChI=1S/C7H15O2/c1-5-6-7(2,8-3)9-4/h2,5-6H2,1,3-4H3. The van der Waals surface area contributed by atoms with Gasteiger partial charge >= 0.3 is 0 Å². The normalized spacial score (nSPS) is 12.0. The van der Waals surface area contributed by atoms with E-state index in [4.69, 9.17) is 9.47 Å². The minimum absolute atomic E-state index is 0.616. The summed E-state index contributed by atoms with van der Waals surface area (Å²) in [5, 5.41) is 0. The second-order valence-electron chi connectivity index (χ2n) is 2.07. The van der Waals surface area contributed by atoms with E-state index in [1.54, 1.807) is 14.2 Å². The van der Waals surface area contributed by atoms with Crippen molar-refractivity contribution in [1.82, 2.24) is 0 Å². The third-order valence-corrected chi connectivity index (χ3v) is 1.37. The summed E-state index contributed by atoms with van der Waals surface area (Å²) in [6, 6.07) is 0. The first-order valence-corrected chi connectivity index (χ1v) is 3.14. The number of rotatable bonds is 4. The number of hydrogen-bond acceptors (Lipinski definition) is 2. The molecule has 0 atom stereocenters. The van der Waals surface area contributed by atoms with E-state index in [2.05, 4.69) is 13.8 Å². The van der Waals surface area contributed by atoms with Gasteiger partial charge in [0.1, 0.15) is 0 Å². The molecule has 0 heterocycles. The number of hydrogen-bond donors (Lipinski definition) is 0. The Labute approximate surface area is 57.2 Å². The molecule has 0 rings (SSSR count). The van der Waals surface area contributed by atoms with Gasteiger partial charge in [-0.15, -0.1) is 0 Å². The van der Waals surface area contributed by atoms with Crippen LogP contribution in [0.2, 0.25) is 0 Å². The Morgan fingerprint density at radius 2 is 1.78 bits per heavy atom. The van der Waals surface area contributed by atoms with Gasteiger partial charge in [0.05, 0.1) is 0 Å². The van der Waals surface area contributed by atoms with Crippen molar-refractivity contribution in [2.45, 2.75) is 25.6 Å². The Hall–Kier alpha value is -0.0800. The molecule has 0 saturated heterocycles. The molecule has 0 bridgehead atoms. The fourth-order valence-corrected chi connectivity index (χ4v) is 0.668. The predicted molar refractivity (Wildman–Crippen MR) is 37.0 cm³/mol. The van der Waals surface area contributed by atoms with Gasteiger partial charge in [-0.25, -0.2) is 0 Å². The molecule has 1 radical (unpaired) electrons. The van der Waals surface area contributed by atoms with Crippen LogP contribution in [-0.2, 0) is 9.47 Å². The maximum Gasteiger partial charge on any atom is 0.167 e. The largest absolute Gasteiger partial charge is 0.353 e. The monoisotopic (exact) mass is 131 g/mol. The molecule has 0 aromatic carbocycles. The van der Waals surface area contributed by atoms with Crippen LogP contribution < -0.4 is 0 Å². The van der Waals surface area contributed by atoms with E-state index in [1.807, 2.05) is 0 Å². The molecular weight excluding hydrogens is 116 g/mol. The summed E-state index contributed by atoms with van der Waals surface area (Å²) in [4.78, 5) is 0. The summed E-state index contributed by atoms with van der Waals surface area (Å²) in [5.41, 5.74) is 0. The van der Waals surface area contributed by atoms with Gasteiger partial charge < -0.3 is 9.47 Å². The van der Waals surface area contributed by atoms with Crippen molar-refractivity contribution in [3.63, 3.8) is 0 Å². The molecule has 0 N–H and O–H groups in total. The number of methoxy groups -OCH3 is 2. The Kier molecular flexibility index (Phi) is 3.82. The lowest BCUT2D eigenvalue weighted by Gasteiger charge is -2.25. The molecule has 0 fully saturated rings. The van der Waals surface area contributed by atoms with Gasteiger partial charge in [0, 0.05) is 27.6 Å². The van der Waals surface area contributed by atoms with E-state index in [1.165, 1.54) is 0 Å². The van der Waals surface area contributed by atoms with Gasteiger partial charge in [0.25, 0.3) is 0 Å². The van der Waals surface area contributed by atoms with Crippen molar-refractivity contribution in [2.24, 2.45) is 0 Å². The highest BCUT2D eigenvalue weighted by atomic mass is 16.7. The molecule has 0 aliphatic carbocycles. The Morgan fingerprint density at radius 1 is 1.33 bits per heavy atom. The van der Waals surface area contributed by atoms with Crippen molar-refractivity contribution in [2.75, 3.05) is 14.2 Å². The lowest BCUT2D eigenvalue weighted by Crippen LogP contribution is -2.29. The van der Waals surface area contributed by atoms with E-state index >= 15 is 0 Å². The summed E-state index contributed by atoms with van der Waals surface area (Å²) in [6.45, 7) is 5.82. The molecule has 0 aromatic heterocycles. The van der Waals surface area contributed by atoms with Crippen LogP contribution in [-0.4, -0.2) is 20.0 Å². The summed E-state index contributed by atoms with van der Waals surface area (Å²) < 4.78 is 9.99. The van der Waals surface area contributed by atoms with Gasteiger partial charge in [-0.05, 0) is 0 Å². The maximum atomic E-state index is 4.99. The predicted octanol–water partition coefficient (Wildman–Crippen LogP) is 1.61. The molecule has 0 saturated carbocycles. The van der Waals surface area contributed by atoms with Gasteiger partial charge in [-0.2, -0.15) is 0 Å². The van der Waals surface area contributed by atoms with Crippen LogP contribution in [0.25, 0.3) is 0 Å². The summed E-state index contributed by atoms with van der Waals surface area (Å²) >= 11 is 0. The number of ether oxygens (including phenoxy) is 2. The van der Waals surface area contributed by atoms with E-state index in [-0.39, 0.29) is 0 Å². The molecule has 55 valence electrons. The van der Waals surface area contributed by atoms with E-state index in [9.17, 15) is 0 Å². The fraction of sp³-hybridized carbons (Fsp3) is 0.857. The highest BCUT2D eigenvalue weighted by Crippen LogP contribution is 2.15. The van der Waals surface area contributed by atoms with Crippen LogP contribution in [0.1, 0.15) is 19.8 Å². The lowest BCUT2D eigenvalue weighted by molar-refractivity contribution is -0.176. The van der Waals surface area contributed by atoms with Crippen molar-refractivity contribution >= 4 is 0 Å². The van der Waals surface area contributed by atoms with Crippen LogP contribution in [0, 0.1) is 6.92 Å². The molecule has 0 aliphatic heterocycles. The van der Waals surface area contributed by atoms with Crippen molar-refractivity contribution in [3.8, 4) is 0 Å². The van der Waals surface area contributed by atoms with E-state index < -0.39 is 5.79 Å². The molecule has 0 aliphatic rings. The minimum atomic E-state index is -0.616. The van der Waals surface area contributed by atoms with E-state index in [0.29, 0.717) is 0 Å². The highest BCUT2D eigenvalue weighted by Gasteiger charge is 2.20. The van der Waals surface area contributed by atoms with Gasteiger partial charge in [0.2, 0.25) is 0 Å². The van der Waals surface area contributed by atoms with Crippen molar-refractivity contribution < 1.29 is 9.47 Å². The lowest BCUT2D eigenvalue weighted by atomic mass is 10.2. The minimum Gasteiger partial charge on any atom is -0.353 e. The molecule has 0 aromatic rings. The third-order valence-electron chi connectivity index (χ3n) is 1.37. The van der Waals surface area contributed by atoms with Crippen molar-refractivity contribution in [3.05, 3.63) is 6.92 Å². The third kappa shape index (κ3) is 2.82. The molecule has 0 amide bonds. The first-order valence-electron chi connectivity index (χ1n) is 3.14. The topological polar surface area (TPSA) is 18.5 Å². The average molecular weight is 131 g/mol. The van der Waals surface area contributed by atoms with Crippen LogP contribution in [0.15, 0.2) is 0 Å². The Morgan fingerprint density at radius 3 is 1.89 bits per heavy atom. The zero-order valence-electron chi connectivity index (χ0n) is 6.44. The molecule has 2 nitrogen and oxygen atoms in total. The SMILES string of the molecule is [CH2]C(CCC)(OC)OC. The highest BCUT2D eigenvalue weighted by molar-refractivity contribution is 4.69. The fourth-order valence-electron chi connectivity index (χ4n) is 0.668. The Balaban J connectivity index is 3.62. The molecule has 9 heavy (non-hydrogen) atoms. The quantitative estimate of drug-likeness (QED) is 0.540. The van der Waals surface area contributed by atoms with Gasteiger partial charge in [-0.1, -0.05) is 13.3 Å². The summed E-state index contributed by atoms with van der Waals surface area (Å²) in [6.07, 6.45) is 1.85. The smallest absolute Gasteiger partial charge is 0.167 e. The van der Waals surface area contributed by atoms with Crippen LogP contribution in [0.5, 0.6) is 0 Å². The molecule has 2 heteroatoms. The first-order chi connectivity index (χ1) is 4.18. The summed E-state index contributed by atoms with van der Waals surface area (Å²) in [5.74, 6) is -0.616. The van der Waals surface area contributed by atoms with Crippen molar-refractivity contribution in [1.29, 1.82) is 0 Å². The van der Waals surface area contributed by atoms with Gasteiger partial charge in [0.15, 0.2) is 5.79 Å². The van der Waals surface area contributed by atoms with Crippen LogP contribution >= 0.6 is 0 Å².